The molecule has 102 valence electrons. The highest BCUT2D eigenvalue weighted by Gasteiger charge is 2.15. The summed E-state index contributed by atoms with van der Waals surface area (Å²) in [7, 11) is 0. The molecule has 1 saturated heterocycles. The van der Waals surface area contributed by atoms with Crippen LogP contribution in [0.1, 0.15) is 44.1 Å². The molecule has 1 aliphatic heterocycles. The molecular formula is C14H25N3O. The van der Waals surface area contributed by atoms with Gasteiger partial charge in [-0.2, -0.15) is 0 Å². The van der Waals surface area contributed by atoms with Crippen molar-refractivity contribution < 1.29 is 4.74 Å². The van der Waals surface area contributed by atoms with Gasteiger partial charge in [0.05, 0.1) is 11.8 Å². The average molecular weight is 251 g/mol. The average Bonchev–Trinajstić information content (AvgIpc) is 2.99. The number of imidazole rings is 1. The normalized spacial score (nSPS) is 19.6. The second kappa shape index (κ2) is 6.90. The number of nitrogens with zero attached hydrogens (tertiary/aromatic N) is 2. The molecule has 1 N–H and O–H groups in total. The molecule has 0 saturated carbocycles. The summed E-state index contributed by atoms with van der Waals surface area (Å²) in [5.74, 6) is 1.12. The van der Waals surface area contributed by atoms with Gasteiger partial charge in [-0.3, -0.25) is 0 Å². The lowest BCUT2D eigenvalue weighted by atomic mass is 10.1. The maximum Gasteiger partial charge on any atom is 0.105 e. The minimum atomic E-state index is 0.506. The quantitative estimate of drug-likeness (QED) is 0.808. The number of aryl methyl sites for hydroxylation is 1. The van der Waals surface area contributed by atoms with Crippen LogP contribution >= 0.6 is 0 Å². The van der Waals surface area contributed by atoms with Crippen molar-refractivity contribution in [1.29, 1.82) is 0 Å². The molecule has 0 bridgehead atoms. The molecule has 0 aliphatic carbocycles. The number of aromatic nitrogens is 2. The Hall–Kier alpha value is -0.870. The number of nitrogens with one attached hydrogen (secondary N) is 1. The smallest absolute Gasteiger partial charge is 0.105 e. The van der Waals surface area contributed by atoms with Gasteiger partial charge in [-0.25, -0.2) is 4.98 Å². The lowest BCUT2D eigenvalue weighted by molar-refractivity contribution is 0.101. The molecule has 2 rings (SSSR count). The summed E-state index contributed by atoms with van der Waals surface area (Å²) < 4.78 is 7.99. The van der Waals surface area contributed by atoms with Gasteiger partial charge in [0.1, 0.15) is 5.82 Å². The van der Waals surface area contributed by atoms with Gasteiger partial charge in [0.2, 0.25) is 0 Å². The molecule has 0 aromatic carbocycles. The lowest BCUT2D eigenvalue weighted by Crippen LogP contribution is -2.16. The van der Waals surface area contributed by atoms with Crippen molar-refractivity contribution in [2.24, 2.45) is 0 Å². The van der Waals surface area contributed by atoms with Gasteiger partial charge in [0.25, 0.3) is 0 Å². The Morgan fingerprint density at radius 3 is 3.17 bits per heavy atom. The van der Waals surface area contributed by atoms with Crippen molar-refractivity contribution in [2.75, 3.05) is 13.2 Å². The molecule has 1 aromatic heterocycles. The Labute approximate surface area is 110 Å². The van der Waals surface area contributed by atoms with Crippen LogP contribution in [-0.4, -0.2) is 28.8 Å². The van der Waals surface area contributed by atoms with Gasteiger partial charge >= 0.3 is 0 Å². The molecule has 1 aliphatic rings. The largest absolute Gasteiger partial charge is 0.378 e. The van der Waals surface area contributed by atoms with E-state index < -0.39 is 0 Å². The Morgan fingerprint density at radius 2 is 2.44 bits per heavy atom. The number of ether oxygens (including phenoxy) is 1. The van der Waals surface area contributed by atoms with E-state index in [1.165, 1.54) is 31.4 Å². The lowest BCUT2D eigenvalue weighted by Gasteiger charge is -2.13. The molecule has 4 nitrogen and oxygen atoms in total. The van der Waals surface area contributed by atoms with E-state index in [9.17, 15) is 0 Å². The second-order valence-electron chi connectivity index (χ2n) is 5.01. The Balaban J connectivity index is 1.81. The second-order valence-corrected chi connectivity index (χ2v) is 5.01. The maximum absolute atomic E-state index is 5.66. The van der Waals surface area contributed by atoms with Crippen LogP contribution in [0, 0.1) is 6.92 Å². The first kappa shape index (κ1) is 13.6. The Kier molecular flexibility index (Phi) is 5.20. The van der Waals surface area contributed by atoms with Crippen LogP contribution in [0.3, 0.4) is 0 Å². The van der Waals surface area contributed by atoms with Crippen molar-refractivity contribution in [3.63, 3.8) is 0 Å². The van der Waals surface area contributed by atoms with E-state index in [2.05, 4.69) is 28.7 Å². The maximum atomic E-state index is 5.66. The molecule has 0 spiro atoms. The van der Waals surface area contributed by atoms with E-state index in [1.807, 2.05) is 6.20 Å². The van der Waals surface area contributed by atoms with Gasteiger partial charge in [0.15, 0.2) is 0 Å². The molecular weight excluding hydrogens is 226 g/mol. The van der Waals surface area contributed by atoms with Crippen molar-refractivity contribution >= 4 is 0 Å². The Bertz CT molecular complexity index is 356. The van der Waals surface area contributed by atoms with Crippen LogP contribution in [0.2, 0.25) is 0 Å². The molecule has 4 heteroatoms. The first-order valence-corrected chi connectivity index (χ1v) is 7.14. The van der Waals surface area contributed by atoms with Crippen molar-refractivity contribution in [2.45, 2.75) is 58.7 Å². The summed E-state index contributed by atoms with van der Waals surface area (Å²) in [6.07, 6.45) is 7.34. The van der Waals surface area contributed by atoms with Gasteiger partial charge in [-0.15, -0.1) is 0 Å². The van der Waals surface area contributed by atoms with Crippen molar-refractivity contribution in [3.8, 4) is 0 Å². The van der Waals surface area contributed by atoms with Crippen LogP contribution in [-0.2, 0) is 17.8 Å². The summed E-state index contributed by atoms with van der Waals surface area (Å²) in [4.78, 5) is 4.41. The zero-order valence-corrected chi connectivity index (χ0v) is 11.6. The molecule has 1 unspecified atom stereocenters. The molecule has 1 aromatic rings. The number of hydrogen-bond acceptors (Lipinski definition) is 3. The van der Waals surface area contributed by atoms with Crippen LogP contribution in [0.15, 0.2) is 6.20 Å². The van der Waals surface area contributed by atoms with Gasteiger partial charge in [-0.1, -0.05) is 6.92 Å². The van der Waals surface area contributed by atoms with E-state index in [0.717, 1.165) is 32.1 Å². The first-order valence-electron chi connectivity index (χ1n) is 7.14. The minimum Gasteiger partial charge on any atom is -0.378 e. The molecule has 2 heterocycles. The van der Waals surface area contributed by atoms with Crippen LogP contribution in [0.5, 0.6) is 0 Å². The monoisotopic (exact) mass is 251 g/mol. The van der Waals surface area contributed by atoms with Gasteiger partial charge in [-0.05, 0) is 39.2 Å². The zero-order chi connectivity index (χ0) is 12.8. The van der Waals surface area contributed by atoms with Crippen molar-refractivity contribution in [3.05, 3.63) is 17.7 Å². The number of hydrogen-bond donors (Lipinski definition) is 1. The summed E-state index contributed by atoms with van der Waals surface area (Å²) in [6, 6.07) is 0. The van der Waals surface area contributed by atoms with E-state index in [0.29, 0.717) is 6.10 Å². The summed E-state index contributed by atoms with van der Waals surface area (Å²) in [5, 5.41) is 3.36. The van der Waals surface area contributed by atoms with Gasteiger partial charge < -0.3 is 14.6 Å². The fraction of sp³-hybridized carbons (Fsp3) is 0.786. The Morgan fingerprint density at radius 1 is 1.56 bits per heavy atom. The summed E-state index contributed by atoms with van der Waals surface area (Å²) in [5.41, 5.74) is 1.29. The van der Waals surface area contributed by atoms with Gasteiger partial charge in [0, 0.05) is 25.9 Å². The predicted molar refractivity (Wildman–Crippen MR) is 72.6 cm³/mol. The summed E-state index contributed by atoms with van der Waals surface area (Å²) in [6.45, 7) is 8.15. The van der Waals surface area contributed by atoms with Crippen LogP contribution in [0.4, 0.5) is 0 Å². The SMILES string of the molecule is CCNCc1cnc(C)n1CCCC1CCCO1. The van der Waals surface area contributed by atoms with E-state index >= 15 is 0 Å². The molecule has 0 radical (unpaired) electrons. The molecule has 1 fully saturated rings. The molecule has 0 amide bonds. The molecule has 1 atom stereocenters. The highest BCUT2D eigenvalue weighted by Crippen LogP contribution is 2.17. The standard InChI is InChI=1S/C14H25N3O/c1-3-15-10-13-11-16-12(2)17(13)8-4-6-14-7-5-9-18-14/h11,14-15H,3-10H2,1-2H3. The predicted octanol–water partition coefficient (Wildman–Crippen LogP) is 2.26. The van der Waals surface area contributed by atoms with Crippen LogP contribution in [0.25, 0.3) is 0 Å². The summed E-state index contributed by atoms with van der Waals surface area (Å²) >= 11 is 0. The number of rotatable bonds is 7. The first-order chi connectivity index (χ1) is 8.81. The minimum absolute atomic E-state index is 0.506. The van der Waals surface area contributed by atoms with E-state index in [-0.39, 0.29) is 0 Å². The van der Waals surface area contributed by atoms with E-state index in [1.54, 1.807) is 0 Å². The third-order valence-corrected chi connectivity index (χ3v) is 3.63. The topological polar surface area (TPSA) is 39.1 Å². The highest BCUT2D eigenvalue weighted by molar-refractivity contribution is 5.04. The fourth-order valence-electron chi connectivity index (χ4n) is 2.56. The third-order valence-electron chi connectivity index (χ3n) is 3.63. The van der Waals surface area contributed by atoms with E-state index in [4.69, 9.17) is 4.74 Å². The highest BCUT2D eigenvalue weighted by atomic mass is 16.5. The third kappa shape index (κ3) is 3.56. The fourth-order valence-corrected chi connectivity index (χ4v) is 2.56. The zero-order valence-electron chi connectivity index (χ0n) is 11.6. The van der Waals surface area contributed by atoms with Crippen LogP contribution < -0.4 is 5.32 Å². The van der Waals surface area contributed by atoms with Crippen molar-refractivity contribution in [1.82, 2.24) is 14.9 Å². The molecule has 18 heavy (non-hydrogen) atoms.